The normalized spacial score (nSPS) is 17.6. The van der Waals surface area contributed by atoms with E-state index < -0.39 is 0 Å². The van der Waals surface area contributed by atoms with Gasteiger partial charge in [-0.15, -0.1) is 0 Å². The lowest BCUT2D eigenvalue weighted by atomic mass is 9.81. The smallest absolute Gasteiger partial charge is 0.156 e. The van der Waals surface area contributed by atoms with Gasteiger partial charge in [0.2, 0.25) is 0 Å². The number of ketones is 1. The van der Waals surface area contributed by atoms with Crippen molar-refractivity contribution in [2.24, 2.45) is 0 Å². The van der Waals surface area contributed by atoms with Crippen molar-refractivity contribution >= 4 is 40.8 Å². The third-order valence-electron chi connectivity index (χ3n) is 5.52. The second-order valence-electron chi connectivity index (χ2n) is 7.46. The van der Waals surface area contributed by atoms with E-state index in [1.54, 1.807) is 17.8 Å². The molecule has 1 aliphatic carbocycles. The Kier molecular flexibility index (Phi) is 4.57. The van der Waals surface area contributed by atoms with Gasteiger partial charge in [0.1, 0.15) is 6.29 Å². The van der Waals surface area contributed by atoms with E-state index in [-0.39, 0.29) is 11.7 Å². The van der Waals surface area contributed by atoms with Gasteiger partial charge in [0.15, 0.2) is 5.78 Å². The van der Waals surface area contributed by atoms with E-state index in [0.29, 0.717) is 12.0 Å². The van der Waals surface area contributed by atoms with Gasteiger partial charge in [-0.3, -0.25) is 9.59 Å². The standard InChI is InChI=1S/C25H19NO2S/c27-15-16-5-7-17(8-6-16)19-11-20(13-21(28)12-19)18-9-10-25-23(14-18)26-22-3-1-2-4-24(22)29-25/h1-10,13-15,19,26H,11-12H2. The molecule has 3 aromatic rings. The molecule has 1 unspecified atom stereocenters. The van der Waals surface area contributed by atoms with Gasteiger partial charge in [0, 0.05) is 21.8 Å². The predicted octanol–water partition coefficient (Wildman–Crippen LogP) is 6.24. The van der Waals surface area contributed by atoms with Crippen LogP contribution in [0, 0.1) is 0 Å². The summed E-state index contributed by atoms with van der Waals surface area (Å²) in [7, 11) is 0. The summed E-state index contributed by atoms with van der Waals surface area (Å²) in [4.78, 5) is 25.8. The Labute approximate surface area is 173 Å². The number of carbonyl (C=O) groups excluding carboxylic acids is 2. The number of hydrogen-bond acceptors (Lipinski definition) is 4. The Morgan fingerprint density at radius 2 is 1.69 bits per heavy atom. The highest BCUT2D eigenvalue weighted by Gasteiger charge is 2.24. The first-order valence-electron chi connectivity index (χ1n) is 9.66. The maximum atomic E-state index is 12.5. The van der Waals surface area contributed by atoms with E-state index in [9.17, 15) is 9.59 Å². The Balaban J connectivity index is 1.43. The van der Waals surface area contributed by atoms with Crippen LogP contribution in [0.25, 0.3) is 5.57 Å². The highest BCUT2D eigenvalue weighted by molar-refractivity contribution is 7.99. The van der Waals surface area contributed by atoms with Crippen molar-refractivity contribution in [2.75, 3.05) is 5.32 Å². The summed E-state index contributed by atoms with van der Waals surface area (Å²) in [5.41, 5.74) is 6.11. The number of anilines is 2. The van der Waals surface area contributed by atoms with Crippen LogP contribution >= 0.6 is 11.8 Å². The number of rotatable bonds is 3. The number of hydrogen-bond donors (Lipinski definition) is 1. The Morgan fingerprint density at radius 3 is 2.52 bits per heavy atom. The number of nitrogens with one attached hydrogen (secondary N) is 1. The number of benzene rings is 3. The van der Waals surface area contributed by atoms with Crippen LogP contribution < -0.4 is 5.32 Å². The molecule has 0 saturated heterocycles. The van der Waals surface area contributed by atoms with Crippen molar-refractivity contribution in [1.82, 2.24) is 0 Å². The first kappa shape index (κ1) is 18.0. The number of carbonyl (C=O) groups is 2. The molecule has 1 N–H and O–H groups in total. The second-order valence-corrected chi connectivity index (χ2v) is 8.54. The molecule has 0 aromatic heterocycles. The minimum Gasteiger partial charge on any atom is -0.354 e. The van der Waals surface area contributed by atoms with Crippen LogP contribution in [0.4, 0.5) is 11.4 Å². The van der Waals surface area contributed by atoms with Gasteiger partial charge in [-0.2, -0.15) is 0 Å². The minimum absolute atomic E-state index is 0.141. The molecule has 0 saturated carbocycles. The van der Waals surface area contributed by atoms with Crippen molar-refractivity contribution in [3.05, 3.63) is 89.5 Å². The molecule has 5 rings (SSSR count). The molecular formula is C25H19NO2S. The van der Waals surface area contributed by atoms with E-state index in [1.807, 2.05) is 36.4 Å². The molecule has 0 fully saturated rings. The van der Waals surface area contributed by atoms with Gasteiger partial charge in [-0.25, -0.2) is 0 Å². The summed E-state index contributed by atoms with van der Waals surface area (Å²) >= 11 is 1.76. The van der Waals surface area contributed by atoms with Crippen LogP contribution in [0.15, 0.2) is 82.6 Å². The Bertz CT molecular complexity index is 1150. The van der Waals surface area contributed by atoms with Crippen molar-refractivity contribution < 1.29 is 9.59 Å². The van der Waals surface area contributed by atoms with Crippen LogP contribution in [0.3, 0.4) is 0 Å². The van der Waals surface area contributed by atoms with Gasteiger partial charge in [-0.1, -0.05) is 54.2 Å². The zero-order chi connectivity index (χ0) is 19.8. The van der Waals surface area contributed by atoms with Gasteiger partial charge in [-0.05, 0) is 59.4 Å². The van der Waals surface area contributed by atoms with E-state index in [4.69, 9.17) is 0 Å². The molecule has 0 bridgehead atoms. The van der Waals surface area contributed by atoms with Crippen LogP contribution in [-0.2, 0) is 4.79 Å². The third-order valence-corrected chi connectivity index (χ3v) is 6.67. The Morgan fingerprint density at radius 1 is 0.897 bits per heavy atom. The van der Waals surface area contributed by atoms with E-state index in [2.05, 4.69) is 35.6 Å². The maximum Gasteiger partial charge on any atom is 0.156 e. The van der Waals surface area contributed by atoms with Gasteiger partial charge in [0.25, 0.3) is 0 Å². The van der Waals surface area contributed by atoms with Crippen molar-refractivity contribution in [1.29, 1.82) is 0 Å². The number of aldehydes is 1. The molecule has 2 aliphatic rings. The van der Waals surface area contributed by atoms with Crippen molar-refractivity contribution in [3.63, 3.8) is 0 Å². The summed E-state index contributed by atoms with van der Waals surface area (Å²) < 4.78 is 0. The molecular weight excluding hydrogens is 378 g/mol. The molecule has 29 heavy (non-hydrogen) atoms. The molecule has 0 amide bonds. The molecule has 142 valence electrons. The SMILES string of the molecule is O=Cc1ccc(C2CC(=O)C=C(c3ccc4c(c3)Nc3ccccc3S4)C2)cc1. The fraction of sp³-hybridized carbons (Fsp3) is 0.120. The zero-order valence-corrected chi connectivity index (χ0v) is 16.5. The van der Waals surface area contributed by atoms with Crippen molar-refractivity contribution in [2.45, 2.75) is 28.6 Å². The fourth-order valence-electron chi connectivity index (χ4n) is 4.02. The maximum absolute atomic E-state index is 12.5. The van der Waals surface area contributed by atoms with E-state index in [1.165, 1.54) is 9.79 Å². The first-order valence-corrected chi connectivity index (χ1v) is 10.5. The molecule has 4 heteroatoms. The van der Waals surface area contributed by atoms with Crippen LogP contribution in [-0.4, -0.2) is 12.1 Å². The van der Waals surface area contributed by atoms with E-state index >= 15 is 0 Å². The number of allylic oxidation sites excluding steroid dienone is 2. The van der Waals surface area contributed by atoms with Crippen LogP contribution in [0.5, 0.6) is 0 Å². The second kappa shape index (κ2) is 7.37. The molecule has 0 radical (unpaired) electrons. The summed E-state index contributed by atoms with van der Waals surface area (Å²) in [5.74, 6) is 0.295. The van der Waals surface area contributed by atoms with Gasteiger partial charge >= 0.3 is 0 Å². The summed E-state index contributed by atoms with van der Waals surface area (Å²) in [6, 6.07) is 22.2. The average molecular weight is 397 g/mol. The summed E-state index contributed by atoms with van der Waals surface area (Å²) in [5, 5.41) is 3.52. The fourth-order valence-corrected chi connectivity index (χ4v) is 4.98. The summed E-state index contributed by atoms with van der Waals surface area (Å²) in [6.45, 7) is 0. The molecule has 1 heterocycles. The lowest BCUT2D eigenvalue weighted by Crippen LogP contribution is -2.12. The Hall–Kier alpha value is -3.11. The number of para-hydroxylation sites is 1. The molecule has 0 spiro atoms. The summed E-state index contributed by atoms with van der Waals surface area (Å²) in [6.07, 6.45) is 3.96. The van der Waals surface area contributed by atoms with Crippen molar-refractivity contribution in [3.8, 4) is 0 Å². The lowest BCUT2D eigenvalue weighted by Gasteiger charge is -2.25. The molecule has 1 aliphatic heterocycles. The zero-order valence-electron chi connectivity index (χ0n) is 15.7. The largest absolute Gasteiger partial charge is 0.354 e. The number of fused-ring (bicyclic) bond motifs is 2. The topological polar surface area (TPSA) is 46.2 Å². The quantitative estimate of drug-likeness (QED) is 0.416. The minimum atomic E-state index is 0.141. The third kappa shape index (κ3) is 3.52. The molecule has 3 nitrogen and oxygen atoms in total. The monoisotopic (exact) mass is 397 g/mol. The predicted molar refractivity (Wildman–Crippen MR) is 117 cm³/mol. The lowest BCUT2D eigenvalue weighted by molar-refractivity contribution is -0.115. The van der Waals surface area contributed by atoms with Crippen LogP contribution in [0.1, 0.15) is 40.2 Å². The average Bonchev–Trinajstić information content (AvgIpc) is 2.77. The molecule has 3 aromatic carbocycles. The van der Waals surface area contributed by atoms with Gasteiger partial charge < -0.3 is 5.32 Å². The molecule has 1 atom stereocenters. The highest BCUT2D eigenvalue weighted by atomic mass is 32.2. The highest BCUT2D eigenvalue weighted by Crippen LogP contribution is 2.45. The van der Waals surface area contributed by atoms with Gasteiger partial charge in [0.05, 0.1) is 11.4 Å². The van der Waals surface area contributed by atoms with E-state index in [0.717, 1.165) is 40.8 Å². The first-order chi connectivity index (χ1) is 14.2. The van der Waals surface area contributed by atoms with Crippen LogP contribution in [0.2, 0.25) is 0 Å².